The number of benzene rings is 1. The third-order valence-corrected chi connectivity index (χ3v) is 4.18. The highest BCUT2D eigenvalue weighted by Crippen LogP contribution is 2.37. The van der Waals surface area contributed by atoms with Crippen LogP contribution in [-0.2, 0) is 24.0 Å². The molecule has 114 valence electrons. The Kier molecular flexibility index (Phi) is 4.94. The predicted octanol–water partition coefficient (Wildman–Crippen LogP) is 4.95. The lowest BCUT2D eigenvalue weighted by Crippen LogP contribution is -2.04. The molecular weight excluding hydrogens is 288 g/mol. The first-order valence-corrected chi connectivity index (χ1v) is 7.89. The van der Waals surface area contributed by atoms with Crippen LogP contribution in [0.3, 0.4) is 0 Å². The highest BCUT2D eigenvalue weighted by molar-refractivity contribution is 6.33. The summed E-state index contributed by atoms with van der Waals surface area (Å²) in [7, 11) is 0. The van der Waals surface area contributed by atoms with Crippen molar-refractivity contribution in [1.82, 2.24) is 0 Å². The van der Waals surface area contributed by atoms with E-state index in [0.717, 1.165) is 51.9 Å². The van der Waals surface area contributed by atoms with E-state index in [1.165, 1.54) is 0 Å². The van der Waals surface area contributed by atoms with E-state index < -0.39 is 5.97 Å². The smallest absolute Gasteiger partial charge is 0.374 e. The largest absolute Gasteiger partial charge is 0.460 e. The van der Waals surface area contributed by atoms with Crippen molar-refractivity contribution in [1.29, 1.82) is 0 Å². The quantitative estimate of drug-likeness (QED) is 0.734. The van der Waals surface area contributed by atoms with Crippen molar-refractivity contribution in [2.24, 2.45) is 0 Å². The minimum absolute atomic E-state index is 0.283. The van der Waals surface area contributed by atoms with Gasteiger partial charge in [0.15, 0.2) is 0 Å². The number of hydrogen-bond donors (Lipinski definition) is 0. The van der Waals surface area contributed by atoms with E-state index in [-0.39, 0.29) is 5.76 Å². The lowest BCUT2D eigenvalue weighted by molar-refractivity contribution is 0.0491. The van der Waals surface area contributed by atoms with E-state index in [2.05, 4.69) is 6.92 Å². The molecule has 0 amide bonds. The average molecular weight is 309 g/mol. The summed E-state index contributed by atoms with van der Waals surface area (Å²) in [5.74, 6) is 0.677. The standard InChI is InChI=1S/C17H21ClO3/c1-5-10-9-12-13(7-3)21-16(17(19)20-8-4)14(12)11(6-2)15(10)18/h9H,5-8H2,1-4H3. The lowest BCUT2D eigenvalue weighted by Gasteiger charge is -2.09. The van der Waals surface area contributed by atoms with Gasteiger partial charge in [0.1, 0.15) is 5.76 Å². The molecule has 0 unspecified atom stereocenters. The molecule has 21 heavy (non-hydrogen) atoms. The van der Waals surface area contributed by atoms with Crippen molar-refractivity contribution in [2.75, 3.05) is 6.61 Å². The summed E-state index contributed by atoms with van der Waals surface area (Å²) in [6.07, 6.45) is 2.33. The number of aryl methyl sites for hydroxylation is 3. The van der Waals surface area contributed by atoms with E-state index in [0.29, 0.717) is 6.61 Å². The van der Waals surface area contributed by atoms with Gasteiger partial charge in [0.05, 0.1) is 6.61 Å². The van der Waals surface area contributed by atoms with Gasteiger partial charge in [-0.25, -0.2) is 4.79 Å². The number of carbonyl (C=O) groups excluding carboxylic acids is 1. The minimum atomic E-state index is -0.419. The molecule has 0 saturated carbocycles. The van der Waals surface area contributed by atoms with Crippen LogP contribution in [0.15, 0.2) is 10.5 Å². The van der Waals surface area contributed by atoms with Gasteiger partial charge in [-0.3, -0.25) is 0 Å². The highest BCUT2D eigenvalue weighted by Gasteiger charge is 2.24. The van der Waals surface area contributed by atoms with Gasteiger partial charge in [0.2, 0.25) is 5.76 Å². The monoisotopic (exact) mass is 308 g/mol. The molecule has 0 aliphatic rings. The summed E-state index contributed by atoms with van der Waals surface area (Å²) in [5.41, 5.74) is 2.06. The van der Waals surface area contributed by atoms with Crippen LogP contribution in [0.4, 0.5) is 0 Å². The Morgan fingerprint density at radius 1 is 1.19 bits per heavy atom. The van der Waals surface area contributed by atoms with Gasteiger partial charge in [-0.2, -0.15) is 0 Å². The topological polar surface area (TPSA) is 39.4 Å². The third-order valence-electron chi connectivity index (χ3n) is 3.71. The van der Waals surface area contributed by atoms with Crippen LogP contribution in [0.2, 0.25) is 5.02 Å². The number of rotatable bonds is 5. The molecule has 0 N–H and O–H groups in total. The molecule has 0 bridgehead atoms. The second kappa shape index (κ2) is 6.52. The SMILES string of the molecule is CCOC(=O)c1oc(CC)c2cc(CC)c(Cl)c(CC)c12. The summed E-state index contributed by atoms with van der Waals surface area (Å²) in [6, 6.07) is 2.04. The van der Waals surface area contributed by atoms with Gasteiger partial charge in [0, 0.05) is 22.2 Å². The summed E-state index contributed by atoms with van der Waals surface area (Å²) in [5, 5.41) is 2.54. The van der Waals surface area contributed by atoms with Gasteiger partial charge in [-0.1, -0.05) is 32.4 Å². The van der Waals surface area contributed by atoms with Crippen molar-refractivity contribution < 1.29 is 13.9 Å². The van der Waals surface area contributed by atoms with Crippen molar-refractivity contribution in [2.45, 2.75) is 47.0 Å². The molecule has 0 saturated heterocycles. The second-order valence-electron chi connectivity index (χ2n) is 4.89. The normalized spacial score (nSPS) is 11.1. The predicted molar refractivity (Wildman–Crippen MR) is 85.3 cm³/mol. The first-order chi connectivity index (χ1) is 10.1. The van der Waals surface area contributed by atoms with Gasteiger partial charge in [-0.05, 0) is 37.0 Å². The maximum absolute atomic E-state index is 12.2. The zero-order chi connectivity index (χ0) is 15.6. The fraction of sp³-hybridized carbons (Fsp3) is 0.471. The van der Waals surface area contributed by atoms with E-state index in [1.807, 2.05) is 19.9 Å². The molecule has 1 heterocycles. The second-order valence-corrected chi connectivity index (χ2v) is 5.26. The fourth-order valence-electron chi connectivity index (χ4n) is 2.68. The number of esters is 1. The van der Waals surface area contributed by atoms with Crippen molar-refractivity contribution in [3.63, 3.8) is 0 Å². The van der Waals surface area contributed by atoms with Crippen LogP contribution in [0.25, 0.3) is 10.8 Å². The lowest BCUT2D eigenvalue weighted by atomic mass is 9.97. The van der Waals surface area contributed by atoms with E-state index in [9.17, 15) is 4.79 Å². The van der Waals surface area contributed by atoms with Gasteiger partial charge in [-0.15, -0.1) is 0 Å². The van der Waals surface area contributed by atoms with Crippen LogP contribution in [-0.4, -0.2) is 12.6 Å². The summed E-state index contributed by atoms with van der Waals surface area (Å²) in [4.78, 5) is 12.2. The Labute approximate surface area is 130 Å². The molecule has 0 fully saturated rings. The molecule has 0 atom stereocenters. The maximum Gasteiger partial charge on any atom is 0.374 e. The number of carbonyl (C=O) groups is 1. The van der Waals surface area contributed by atoms with Crippen LogP contribution >= 0.6 is 11.6 Å². The molecule has 3 nitrogen and oxygen atoms in total. The van der Waals surface area contributed by atoms with E-state index >= 15 is 0 Å². The van der Waals surface area contributed by atoms with Gasteiger partial charge < -0.3 is 9.15 Å². The van der Waals surface area contributed by atoms with Crippen LogP contribution in [0.1, 0.15) is 55.1 Å². The van der Waals surface area contributed by atoms with Crippen LogP contribution in [0, 0.1) is 0 Å². The minimum Gasteiger partial charge on any atom is -0.460 e. The van der Waals surface area contributed by atoms with Crippen molar-refractivity contribution >= 4 is 28.3 Å². The van der Waals surface area contributed by atoms with Crippen molar-refractivity contribution in [3.05, 3.63) is 33.7 Å². The summed E-state index contributed by atoms with van der Waals surface area (Å²) >= 11 is 6.50. The number of fused-ring (bicyclic) bond motifs is 1. The number of ether oxygens (including phenoxy) is 1. The van der Waals surface area contributed by atoms with Crippen LogP contribution in [0.5, 0.6) is 0 Å². The Morgan fingerprint density at radius 3 is 2.43 bits per heavy atom. The molecule has 1 aromatic heterocycles. The molecular formula is C17H21ClO3. The highest BCUT2D eigenvalue weighted by atomic mass is 35.5. The van der Waals surface area contributed by atoms with Crippen molar-refractivity contribution in [3.8, 4) is 0 Å². The maximum atomic E-state index is 12.2. The number of furan rings is 1. The average Bonchev–Trinajstić information content (AvgIpc) is 2.85. The number of halogens is 1. The molecule has 4 heteroatoms. The zero-order valence-electron chi connectivity index (χ0n) is 13.0. The zero-order valence-corrected chi connectivity index (χ0v) is 13.8. The molecule has 2 rings (SSSR count). The number of hydrogen-bond acceptors (Lipinski definition) is 3. The Balaban J connectivity index is 2.83. The molecule has 1 aromatic carbocycles. The van der Waals surface area contributed by atoms with Crippen LogP contribution < -0.4 is 0 Å². The molecule has 0 aliphatic heterocycles. The molecule has 0 radical (unpaired) electrons. The molecule has 0 aliphatic carbocycles. The molecule has 2 aromatic rings. The molecule has 0 spiro atoms. The first-order valence-electron chi connectivity index (χ1n) is 7.51. The summed E-state index contributed by atoms with van der Waals surface area (Å²) < 4.78 is 10.9. The summed E-state index contributed by atoms with van der Waals surface area (Å²) in [6.45, 7) is 8.23. The first kappa shape index (κ1) is 15.9. The Bertz CT molecular complexity index is 670. The van der Waals surface area contributed by atoms with E-state index in [1.54, 1.807) is 6.92 Å². The fourth-order valence-corrected chi connectivity index (χ4v) is 3.09. The third kappa shape index (κ3) is 2.67. The Hall–Kier alpha value is -1.48. The van der Waals surface area contributed by atoms with Gasteiger partial charge in [0.25, 0.3) is 0 Å². The Morgan fingerprint density at radius 2 is 1.90 bits per heavy atom. The van der Waals surface area contributed by atoms with Gasteiger partial charge >= 0.3 is 5.97 Å². The van der Waals surface area contributed by atoms with E-state index in [4.69, 9.17) is 20.8 Å².